The van der Waals surface area contributed by atoms with E-state index in [0.717, 1.165) is 25.8 Å². The lowest BCUT2D eigenvalue weighted by molar-refractivity contribution is 0.150. The second-order valence-electron chi connectivity index (χ2n) is 4.07. The van der Waals surface area contributed by atoms with Crippen LogP contribution in [0, 0.1) is 0 Å². The normalized spacial score (nSPS) is 12.0. The molecule has 0 unspecified atom stereocenters. The van der Waals surface area contributed by atoms with E-state index in [0.29, 0.717) is 0 Å². The number of nitrogens with one attached hydrogen (secondary N) is 1. The first-order valence-electron chi connectivity index (χ1n) is 5.99. The Kier molecular flexibility index (Phi) is 5.38. The molecule has 1 aromatic rings. The van der Waals surface area contributed by atoms with Gasteiger partial charge in [-0.05, 0) is 19.3 Å². The van der Waals surface area contributed by atoms with E-state index < -0.39 is 0 Å². The van der Waals surface area contributed by atoms with Crippen LogP contribution in [0.5, 0.6) is 0 Å². The summed E-state index contributed by atoms with van der Waals surface area (Å²) in [5, 5.41) is 14.1. The van der Waals surface area contributed by atoms with Gasteiger partial charge in [0.15, 0.2) is 0 Å². The van der Waals surface area contributed by atoms with Gasteiger partial charge in [0, 0.05) is 23.2 Å². The summed E-state index contributed by atoms with van der Waals surface area (Å²) in [4.78, 5) is 5.58. The molecule has 0 aliphatic carbocycles. The molecule has 0 aliphatic rings. The Morgan fingerprint density at radius 2 is 2.06 bits per heavy atom. The first-order chi connectivity index (χ1) is 7.69. The topological polar surface area (TPSA) is 45.2 Å². The largest absolute Gasteiger partial charge is 0.394 e. The molecule has 0 fully saturated rings. The third-order valence-electron chi connectivity index (χ3n) is 3.20. The van der Waals surface area contributed by atoms with Gasteiger partial charge in [0.1, 0.15) is 0 Å². The van der Waals surface area contributed by atoms with E-state index in [4.69, 9.17) is 0 Å². The van der Waals surface area contributed by atoms with Gasteiger partial charge in [0.2, 0.25) is 0 Å². The highest BCUT2D eigenvalue weighted by Crippen LogP contribution is 2.18. The molecule has 92 valence electrons. The fourth-order valence-electron chi connectivity index (χ4n) is 1.65. The van der Waals surface area contributed by atoms with Crippen LogP contribution in [0.25, 0.3) is 0 Å². The lowest BCUT2D eigenvalue weighted by Crippen LogP contribution is -2.46. The number of aryl methyl sites for hydroxylation is 1. The molecule has 4 heteroatoms. The van der Waals surface area contributed by atoms with Crippen molar-refractivity contribution in [3.8, 4) is 0 Å². The molecule has 0 radical (unpaired) electrons. The zero-order chi connectivity index (χ0) is 12.0. The van der Waals surface area contributed by atoms with E-state index in [2.05, 4.69) is 31.1 Å². The van der Waals surface area contributed by atoms with Gasteiger partial charge in [-0.15, -0.1) is 11.3 Å². The molecule has 1 rings (SSSR count). The molecule has 0 amide bonds. The second kappa shape index (κ2) is 6.33. The van der Waals surface area contributed by atoms with Crippen molar-refractivity contribution in [3.63, 3.8) is 0 Å². The molecule has 16 heavy (non-hydrogen) atoms. The maximum atomic E-state index is 9.43. The molecule has 0 saturated carbocycles. The fraction of sp³-hybridized carbons (Fsp3) is 0.750. The van der Waals surface area contributed by atoms with Crippen molar-refractivity contribution in [2.45, 2.75) is 52.1 Å². The molecule has 1 aromatic heterocycles. The summed E-state index contributed by atoms with van der Waals surface area (Å²) in [6.07, 6.45) is 4.82. The molecule has 3 nitrogen and oxygen atoms in total. The average Bonchev–Trinajstić information content (AvgIpc) is 2.80. The molecule has 2 N–H and O–H groups in total. The molecule has 0 aromatic carbocycles. The van der Waals surface area contributed by atoms with Gasteiger partial charge in [-0.3, -0.25) is 0 Å². The molecule has 0 saturated heterocycles. The van der Waals surface area contributed by atoms with Crippen LogP contribution >= 0.6 is 11.3 Å². The molecular weight excluding hydrogens is 220 g/mol. The van der Waals surface area contributed by atoms with E-state index in [-0.39, 0.29) is 12.1 Å². The van der Waals surface area contributed by atoms with Crippen molar-refractivity contribution in [2.75, 3.05) is 6.61 Å². The number of aliphatic hydroxyl groups excluding tert-OH is 1. The number of hydrogen-bond acceptors (Lipinski definition) is 4. The summed E-state index contributed by atoms with van der Waals surface area (Å²) >= 11 is 1.75. The first-order valence-corrected chi connectivity index (χ1v) is 6.80. The quantitative estimate of drug-likeness (QED) is 0.771. The first kappa shape index (κ1) is 13.6. The minimum atomic E-state index is -0.129. The zero-order valence-corrected chi connectivity index (χ0v) is 11.2. The van der Waals surface area contributed by atoms with Gasteiger partial charge < -0.3 is 10.4 Å². The molecule has 0 bridgehead atoms. The van der Waals surface area contributed by atoms with Gasteiger partial charge in [-0.25, -0.2) is 4.98 Å². The molecular formula is C12H22N2OS. The highest BCUT2D eigenvalue weighted by molar-refractivity contribution is 7.11. The fourth-order valence-corrected chi connectivity index (χ4v) is 2.45. The van der Waals surface area contributed by atoms with Gasteiger partial charge in [-0.1, -0.05) is 20.8 Å². The van der Waals surface area contributed by atoms with Crippen molar-refractivity contribution < 1.29 is 5.11 Å². The van der Waals surface area contributed by atoms with Crippen LogP contribution in [0.4, 0.5) is 0 Å². The van der Waals surface area contributed by atoms with Gasteiger partial charge in [-0.2, -0.15) is 0 Å². The van der Waals surface area contributed by atoms with Crippen molar-refractivity contribution in [3.05, 3.63) is 16.1 Å². The average molecular weight is 242 g/mol. The maximum absolute atomic E-state index is 9.43. The molecule has 0 atom stereocenters. The Morgan fingerprint density at radius 1 is 1.38 bits per heavy atom. The van der Waals surface area contributed by atoms with Crippen LogP contribution < -0.4 is 5.32 Å². The highest BCUT2D eigenvalue weighted by atomic mass is 32.1. The summed E-state index contributed by atoms with van der Waals surface area (Å²) in [6.45, 7) is 7.33. The number of rotatable bonds is 7. The van der Waals surface area contributed by atoms with Crippen LogP contribution in [-0.2, 0) is 13.0 Å². The summed E-state index contributed by atoms with van der Waals surface area (Å²) in [7, 11) is 0. The van der Waals surface area contributed by atoms with Gasteiger partial charge >= 0.3 is 0 Å². The smallest absolute Gasteiger partial charge is 0.0925 e. The second-order valence-corrected chi connectivity index (χ2v) is 5.27. The van der Waals surface area contributed by atoms with E-state index in [1.165, 1.54) is 9.88 Å². The number of nitrogens with zero attached hydrogens (tertiary/aromatic N) is 1. The number of hydrogen-bond donors (Lipinski definition) is 2. The molecule has 0 spiro atoms. The van der Waals surface area contributed by atoms with Crippen molar-refractivity contribution in [1.82, 2.24) is 10.3 Å². The lowest BCUT2D eigenvalue weighted by Gasteiger charge is -2.30. The summed E-state index contributed by atoms with van der Waals surface area (Å²) in [5.74, 6) is 0. The summed E-state index contributed by atoms with van der Waals surface area (Å²) in [6, 6.07) is 0. The standard InChI is InChI=1S/C12H22N2OS/c1-4-11-13-7-10(16-11)8-14-12(5-2,6-3)9-15/h7,14-15H,4-6,8-9H2,1-3H3. The Labute approximate surface area is 102 Å². The predicted octanol–water partition coefficient (Wildman–Crippen LogP) is 2.35. The SMILES string of the molecule is CCc1ncc(CNC(CC)(CC)CO)s1. The highest BCUT2D eigenvalue weighted by Gasteiger charge is 2.24. The maximum Gasteiger partial charge on any atom is 0.0925 e. The minimum absolute atomic E-state index is 0.129. The van der Waals surface area contributed by atoms with Crippen LogP contribution in [0.3, 0.4) is 0 Å². The number of thiazole rings is 1. The Morgan fingerprint density at radius 3 is 2.50 bits per heavy atom. The number of aromatic nitrogens is 1. The van der Waals surface area contributed by atoms with E-state index in [1.807, 2.05) is 6.20 Å². The minimum Gasteiger partial charge on any atom is -0.394 e. The lowest BCUT2D eigenvalue weighted by atomic mass is 9.94. The monoisotopic (exact) mass is 242 g/mol. The van der Waals surface area contributed by atoms with Crippen molar-refractivity contribution in [1.29, 1.82) is 0 Å². The van der Waals surface area contributed by atoms with E-state index in [1.54, 1.807) is 11.3 Å². The Balaban J connectivity index is 2.55. The predicted molar refractivity (Wildman–Crippen MR) is 68.7 cm³/mol. The number of aliphatic hydroxyl groups is 1. The van der Waals surface area contributed by atoms with E-state index in [9.17, 15) is 5.11 Å². The summed E-state index contributed by atoms with van der Waals surface area (Å²) < 4.78 is 0. The van der Waals surface area contributed by atoms with Gasteiger partial charge in [0.25, 0.3) is 0 Å². The third-order valence-corrected chi connectivity index (χ3v) is 4.34. The molecule has 0 aliphatic heterocycles. The van der Waals surface area contributed by atoms with Crippen LogP contribution in [0.1, 0.15) is 43.5 Å². The van der Waals surface area contributed by atoms with Crippen LogP contribution in [-0.4, -0.2) is 22.2 Å². The van der Waals surface area contributed by atoms with Crippen LogP contribution in [0.15, 0.2) is 6.20 Å². The van der Waals surface area contributed by atoms with Crippen molar-refractivity contribution >= 4 is 11.3 Å². The van der Waals surface area contributed by atoms with Crippen LogP contribution in [0.2, 0.25) is 0 Å². The Bertz CT molecular complexity index is 299. The Hall–Kier alpha value is -0.450. The van der Waals surface area contributed by atoms with Crippen molar-refractivity contribution in [2.24, 2.45) is 0 Å². The summed E-state index contributed by atoms with van der Waals surface area (Å²) in [5.41, 5.74) is -0.129. The van der Waals surface area contributed by atoms with E-state index >= 15 is 0 Å². The zero-order valence-electron chi connectivity index (χ0n) is 10.4. The molecule has 1 heterocycles. The van der Waals surface area contributed by atoms with Gasteiger partial charge in [0.05, 0.1) is 11.6 Å². The third kappa shape index (κ3) is 3.27.